The molecule has 2 aromatic rings. The van der Waals surface area contributed by atoms with Crippen molar-refractivity contribution in [2.75, 3.05) is 11.1 Å². The number of nitrogens with two attached hydrogens (primary N) is 1. The van der Waals surface area contributed by atoms with Gasteiger partial charge < -0.3 is 11.1 Å². The molecule has 0 aliphatic rings. The van der Waals surface area contributed by atoms with Gasteiger partial charge >= 0.3 is 0 Å². The summed E-state index contributed by atoms with van der Waals surface area (Å²) in [5, 5.41) is 5.55. The first kappa shape index (κ1) is 13.8. The fraction of sp³-hybridized carbons (Fsp3) is 0.429. The van der Waals surface area contributed by atoms with Crippen LogP contribution in [0.5, 0.6) is 0 Å². The Labute approximate surface area is 118 Å². The summed E-state index contributed by atoms with van der Waals surface area (Å²) in [5.74, 6) is 1.46. The predicted octanol–water partition coefficient (Wildman–Crippen LogP) is 3.12. The molecule has 0 fully saturated rings. The van der Waals surface area contributed by atoms with Crippen molar-refractivity contribution >= 4 is 23.0 Å². The van der Waals surface area contributed by atoms with E-state index >= 15 is 0 Å². The first-order valence-electron chi connectivity index (χ1n) is 6.59. The zero-order valence-corrected chi connectivity index (χ0v) is 12.2. The van der Waals surface area contributed by atoms with Crippen LogP contribution < -0.4 is 11.1 Å². The molecule has 0 aliphatic heterocycles. The summed E-state index contributed by atoms with van der Waals surface area (Å²) in [5.41, 5.74) is 6.96. The van der Waals surface area contributed by atoms with E-state index in [1.807, 2.05) is 0 Å². The molecule has 0 saturated carbocycles. The molecular formula is C14H20N4S. The number of nitrogens with zero attached hydrogens (tertiary/aromatic N) is 2. The molecule has 2 aromatic heterocycles. The number of hydrogen-bond acceptors (Lipinski definition) is 5. The van der Waals surface area contributed by atoms with Gasteiger partial charge in [0.25, 0.3) is 0 Å². The van der Waals surface area contributed by atoms with Gasteiger partial charge in [-0.1, -0.05) is 19.4 Å². The molecule has 0 radical (unpaired) electrons. The SMILES string of the molecule is CCCc1c(N)ncnc1NC(C)Cc1cccs1. The molecule has 19 heavy (non-hydrogen) atoms. The van der Waals surface area contributed by atoms with Crippen molar-refractivity contribution in [1.29, 1.82) is 0 Å². The van der Waals surface area contributed by atoms with Crippen LogP contribution in [0.25, 0.3) is 0 Å². The second-order valence-electron chi connectivity index (χ2n) is 4.66. The molecule has 1 atom stereocenters. The lowest BCUT2D eigenvalue weighted by molar-refractivity contribution is 0.786. The van der Waals surface area contributed by atoms with Crippen molar-refractivity contribution in [3.8, 4) is 0 Å². The first-order valence-corrected chi connectivity index (χ1v) is 7.47. The molecule has 0 bridgehead atoms. The Morgan fingerprint density at radius 3 is 2.95 bits per heavy atom. The van der Waals surface area contributed by atoms with E-state index in [0.717, 1.165) is 30.6 Å². The quantitative estimate of drug-likeness (QED) is 0.851. The normalized spacial score (nSPS) is 12.3. The highest BCUT2D eigenvalue weighted by Gasteiger charge is 2.11. The molecule has 3 N–H and O–H groups in total. The van der Waals surface area contributed by atoms with E-state index in [9.17, 15) is 0 Å². The average molecular weight is 276 g/mol. The third kappa shape index (κ3) is 3.67. The molecular weight excluding hydrogens is 256 g/mol. The molecule has 0 amide bonds. The third-order valence-electron chi connectivity index (χ3n) is 2.95. The number of hydrogen-bond donors (Lipinski definition) is 2. The average Bonchev–Trinajstić information content (AvgIpc) is 2.86. The Kier molecular flexibility index (Phi) is 4.74. The number of aromatic nitrogens is 2. The van der Waals surface area contributed by atoms with Crippen LogP contribution in [0.4, 0.5) is 11.6 Å². The molecule has 5 heteroatoms. The van der Waals surface area contributed by atoms with Gasteiger partial charge in [-0.2, -0.15) is 0 Å². The smallest absolute Gasteiger partial charge is 0.134 e. The second kappa shape index (κ2) is 6.52. The van der Waals surface area contributed by atoms with Crippen LogP contribution in [0.1, 0.15) is 30.7 Å². The van der Waals surface area contributed by atoms with E-state index in [1.54, 1.807) is 11.3 Å². The zero-order chi connectivity index (χ0) is 13.7. The Hall–Kier alpha value is -1.62. The van der Waals surface area contributed by atoms with Crippen LogP contribution >= 0.6 is 11.3 Å². The topological polar surface area (TPSA) is 63.8 Å². The van der Waals surface area contributed by atoms with E-state index in [-0.39, 0.29) is 0 Å². The largest absolute Gasteiger partial charge is 0.383 e. The summed E-state index contributed by atoms with van der Waals surface area (Å²) in [4.78, 5) is 9.77. The summed E-state index contributed by atoms with van der Waals surface area (Å²) in [6.45, 7) is 4.29. The first-order chi connectivity index (χ1) is 9.20. The summed E-state index contributed by atoms with van der Waals surface area (Å²) >= 11 is 1.78. The van der Waals surface area contributed by atoms with Crippen LogP contribution in [0.3, 0.4) is 0 Å². The highest BCUT2D eigenvalue weighted by Crippen LogP contribution is 2.21. The fourth-order valence-electron chi connectivity index (χ4n) is 2.06. The molecule has 1 unspecified atom stereocenters. The van der Waals surface area contributed by atoms with Crippen LogP contribution in [-0.2, 0) is 12.8 Å². The second-order valence-corrected chi connectivity index (χ2v) is 5.70. The van der Waals surface area contributed by atoms with Gasteiger partial charge in [-0.3, -0.25) is 0 Å². The number of anilines is 2. The highest BCUT2D eigenvalue weighted by atomic mass is 32.1. The van der Waals surface area contributed by atoms with Crippen LogP contribution in [0.15, 0.2) is 23.8 Å². The maximum atomic E-state index is 5.93. The number of rotatable bonds is 6. The van der Waals surface area contributed by atoms with Crippen molar-refractivity contribution in [2.45, 2.75) is 39.2 Å². The molecule has 102 valence electrons. The van der Waals surface area contributed by atoms with E-state index in [4.69, 9.17) is 5.73 Å². The van der Waals surface area contributed by atoms with E-state index in [0.29, 0.717) is 11.9 Å². The lowest BCUT2D eigenvalue weighted by Gasteiger charge is -2.17. The minimum Gasteiger partial charge on any atom is -0.383 e. The van der Waals surface area contributed by atoms with Crippen LogP contribution in [-0.4, -0.2) is 16.0 Å². The number of nitrogens with one attached hydrogen (secondary N) is 1. The van der Waals surface area contributed by atoms with Crippen molar-refractivity contribution in [3.63, 3.8) is 0 Å². The molecule has 0 aromatic carbocycles. The lowest BCUT2D eigenvalue weighted by atomic mass is 10.1. The van der Waals surface area contributed by atoms with Gasteiger partial charge in [-0.25, -0.2) is 9.97 Å². The highest BCUT2D eigenvalue weighted by molar-refractivity contribution is 7.09. The van der Waals surface area contributed by atoms with Crippen molar-refractivity contribution in [3.05, 3.63) is 34.3 Å². The lowest BCUT2D eigenvalue weighted by Crippen LogP contribution is -2.20. The summed E-state index contributed by atoms with van der Waals surface area (Å²) in [7, 11) is 0. The van der Waals surface area contributed by atoms with Crippen molar-refractivity contribution in [2.24, 2.45) is 0 Å². The Balaban J connectivity index is 2.07. The van der Waals surface area contributed by atoms with Gasteiger partial charge in [-0.05, 0) is 24.8 Å². The Morgan fingerprint density at radius 2 is 2.26 bits per heavy atom. The minimum absolute atomic E-state index is 0.323. The van der Waals surface area contributed by atoms with Gasteiger partial charge in [0.05, 0.1) is 0 Å². The monoisotopic (exact) mass is 276 g/mol. The standard InChI is InChI=1S/C14H20N4S/c1-3-5-12-13(15)16-9-17-14(12)18-10(2)8-11-6-4-7-19-11/h4,6-7,9-10H,3,5,8H2,1-2H3,(H3,15,16,17,18). The molecule has 0 aliphatic carbocycles. The maximum absolute atomic E-state index is 5.93. The Bertz CT molecular complexity index is 510. The fourth-order valence-corrected chi connectivity index (χ4v) is 2.90. The molecule has 4 nitrogen and oxygen atoms in total. The van der Waals surface area contributed by atoms with E-state index in [2.05, 4.69) is 46.6 Å². The van der Waals surface area contributed by atoms with E-state index in [1.165, 1.54) is 11.2 Å². The van der Waals surface area contributed by atoms with Crippen LogP contribution in [0.2, 0.25) is 0 Å². The predicted molar refractivity (Wildman–Crippen MR) is 81.5 cm³/mol. The van der Waals surface area contributed by atoms with E-state index < -0.39 is 0 Å². The number of thiophene rings is 1. The molecule has 0 spiro atoms. The molecule has 2 rings (SSSR count). The Morgan fingerprint density at radius 1 is 1.42 bits per heavy atom. The summed E-state index contributed by atoms with van der Waals surface area (Å²) in [6.07, 6.45) is 4.45. The van der Waals surface area contributed by atoms with Crippen molar-refractivity contribution in [1.82, 2.24) is 9.97 Å². The number of nitrogen functional groups attached to an aromatic ring is 1. The zero-order valence-electron chi connectivity index (χ0n) is 11.4. The third-order valence-corrected chi connectivity index (χ3v) is 3.85. The summed E-state index contributed by atoms with van der Waals surface area (Å²) < 4.78 is 0. The molecule has 0 saturated heterocycles. The summed E-state index contributed by atoms with van der Waals surface area (Å²) in [6, 6.07) is 4.56. The molecule has 2 heterocycles. The minimum atomic E-state index is 0.323. The van der Waals surface area contributed by atoms with Gasteiger partial charge in [-0.15, -0.1) is 11.3 Å². The van der Waals surface area contributed by atoms with Crippen molar-refractivity contribution < 1.29 is 0 Å². The van der Waals surface area contributed by atoms with Gasteiger partial charge in [0, 0.05) is 22.9 Å². The van der Waals surface area contributed by atoms with Gasteiger partial charge in [0.15, 0.2) is 0 Å². The maximum Gasteiger partial charge on any atom is 0.134 e. The van der Waals surface area contributed by atoms with Gasteiger partial charge in [0.2, 0.25) is 0 Å². The van der Waals surface area contributed by atoms with Gasteiger partial charge in [0.1, 0.15) is 18.0 Å². The van der Waals surface area contributed by atoms with Crippen LogP contribution in [0, 0.1) is 0 Å².